The van der Waals surface area contributed by atoms with Crippen LogP contribution >= 0.6 is 11.3 Å². The third-order valence-electron chi connectivity index (χ3n) is 3.78. The number of H-pyrrole nitrogens is 1. The summed E-state index contributed by atoms with van der Waals surface area (Å²) in [5.74, 6) is -0.924. The van der Waals surface area contributed by atoms with Gasteiger partial charge in [0.2, 0.25) is 0 Å². The zero-order valence-electron chi connectivity index (χ0n) is 14.3. The topological polar surface area (TPSA) is 130 Å². The van der Waals surface area contributed by atoms with E-state index in [4.69, 9.17) is 16.6 Å². The van der Waals surface area contributed by atoms with Gasteiger partial charge in [-0.3, -0.25) is 0 Å². The van der Waals surface area contributed by atoms with Crippen molar-refractivity contribution >= 4 is 45.4 Å². The highest BCUT2D eigenvalue weighted by Crippen LogP contribution is 2.29. The molecule has 0 saturated heterocycles. The second-order valence-electron chi connectivity index (χ2n) is 5.64. The molecule has 0 amide bonds. The van der Waals surface area contributed by atoms with Crippen LogP contribution in [0.1, 0.15) is 15.2 Å². The van der Waals surface area contributed by atoms with E-state index >= 15 is 0 Å². The van der Waals surface area contributed by atoms with E-state index < -0.39 is 5.97 Å². The maximum atomic E-state index is 11.0. The van der Waals surface area contributed by atoms with Crippen LogP contribution in [-0.2, 0) is 6.54 Å². The first-order valence-corrected chi connectivity index (χ1v) is 9.01. The third-order valence-corrected chi connectivity index (χ3v) is 4.68. The van der Waals surface area contributed by atoms with E-state index in [1.165, 1.54) is 11.3 Å². The number of anilines is 3. The molecule has 7 nitrogen and oxygen atoms in total. The van der Waals surface area contributed by atoms with Crippen LogP contribution in [0.2, 0.25) is 0 Å². The molecule has 3 aromatic heterocycles. The molecule has 4 aromatic rings. The number of nitrogens with one attached hydrogen (secondary N) is 2. The van der Waals surface area contributed by atoms with Gasteiger partial charge in [0.1, 0.15) is 10.5 Å². The fourth-order valence-corrected chi connectivity index (χ4v) is 3.20. The van der Waals surface area contributed by atoms with E-state index in [-0.39, 0.29) is 0 Å². The van der Waals surface area contributed by atoms with Gasteiger partial charge in [-0.2, -0.15) is 0 Å². The number of nitrogen functional groups attached to an aromatic ring is 1. The fraction of sp³-hybridized carbons (Fsp3) is 0.0526. The summed E-state index contributed by atoms with van der Waals surface area (Å²) in [4.78, 5) is 18.5. The minimum atomic E-state index is -0.924. The highest BCUT2D eigenvalue weighted by Gasteiger charge is 2.12. The Morgan fingerprint density at radius 3 is 2.78 bits per heavy atom. The predicted molar refractivity (Wildman–Crippen MR) is 109 cm³/mol. The molecule has 7 N–H and O–H groups in total. The maximum absolute atomic E-state index is 11.0. The van der Waals surface area contributed by atoms with Crippen molar-refractivity contribution in [3.63, 3.8) is 0 Å². The summed E-state index contributed by atoms with van der Waals surface area (Å²) in [6.07, 6.45) is 3.47. The first kappa shape index (κ1) is 18.4. The van der Waals surface area contributed by atoms with E-state index in [0.717, 1.165) is 28.0 Å². The summed E-state index contributed by atoms with van der Waals surface area (Å²) in [5.41, 5.74) is 14.9. The average molecular weight is 381 g/mol. The van der Waals surface area contributed by atoms with Crippen LogP contribution < -0.4 is 16.8 Å². The Balaban J connectivity index is 0.000000197. The number of nitrogens with zero attached hydrogens (tertiary/aromatic N) is 1. The van der Waals surface area contributed by atoms with Crippen LogP contribution in [0.4, 0.5) is 17.1 Å². The Hall–Kier alpha value is -3.36. The summed E-state index contributed by atoms with van der Waals surface area (Å²) in [6.45, 7) is 0.561. The first-order valence-electron chi connectivity index (χ1n) is 8.13. The molecule has 0 bridgehead atoms. The van der Waals surface area contributed by atoms with Gasteiger partial charge in [0.25, 0.3) is 0 Å². The molecule has 0 radical (unpaired) electrons. The Bertz CT molecular complexity index is 1060. The van der Waals surface area contributed by atoms with E-state index in [1.807, 2.05) is 36.4 Å². The molecule has 0 spiro atoms. The smallest absolute Gasteiger partial charge is 0.348 e. The van der Waals surface area contributed by atoms with Gasteiger partial charge >= 0.3 is 5.97 Å². The molecule has 3 heterocycles. The molecule has 8 heteroatoms. The average Bonchev–Trinajstić information content (AvgIpc) is 3.32. The number of benzene rings is 1. The molecule has 0 fully saturated rings. The van der Waals surface area contributed by atoms with Crippen molar-refractivity contribution in [3.05, 3.63) is 70.7 Å². The molecule has 27 heavy (non-hydrogen) atoms. The number of hydrogen-bond donors (Lipinski definition) is 5. The lowest BCUT2D eigenvalue weighted by atomic mass is 10.2. The second-order valence-corrected chi connectivity index (χ2v) is 6.56. The summed E-state index contributed by atoms with van der Waals surface area (Å²) in [7, 11) is 0. The zero-order valence-corrected chi connectivity index (χ0v) is 15.2. The number of carboxylic acid groups (broad SMARTS) is 1. The number of hydrogen-bond acceptors (Lipinski definition) is 6. The molecule has 4 rings (SSSR count). The first-order chi connectivity index (χ1) is 13.1. The Labute approximate surface area is 159 Å². The van der Waals surface area contributed by atoms with Crippen molar-refractivity contribution < 1.29 is 9.90 Å². The lowest BCUT2D eigenvalue weighted by molar-refractivity contribution is 0.0703. The highest BCUT2D eigenvalue weighted by molar-refractivity contribution is 7.12. The van der Waals surface area contributed by atoms with Crippen molar-refractivity contribution in [1.29, 1.82) is 0 Å². The van der Waals surface area contributed by atoms with Crippen LogP contribution in [0, 0.1) is 0 Å². The fourth-order valence-electron chi connectivity index (χ4n) is 2.51. The highest BCUT2D eigenvalue weighted by atomic mass is 32.1. The van der Waals surface area contributed by atoms with Gasteiger partial charge in [0, 0.05) is 30.0 Å². The van der Waals surface area contributed by atoms with Gasteiger partial charge in [-0.05, 0) is 41.3 Å². The molecule has 0 saturated carbocycles. The number of carboxylic acids is 1. The molecule has 0 aliphatic rings. The maximum Gasteiger partial charge on any atom is 0.348 e. The zero-order chi connectivity index (χ0) is 19.2. The normalized spacial score (nSPS) is 10.3. The largest absolute Gasteiger partial charge is 0.477 e. The van der Waals surface area contributed by atoms with Gasteiger partial charge in [0.15, 0.2) is 0 Å². The van der Waals surface area contributed by atoms with E-state index in [9.17, 15) is 4.79 Å². The number of rotatable bonds is 4. The van der Waals surface area contributed by atoms with E-state index in [1.54, 1.807) is 23.8 Å². The minimum absolute atomic E-state index is 0.301. The number of aromatic amines is 1. The molecular weight excluding hydrogens is 362 g/mol. The number of fused-ring (bicyclic) bond motifs is 1. The number of carbonyl (C=O) groups is 1. The molecule has 0 aliphatic carbocycles. The van der Waals surface area contributed by atoms with E-state index in [2.05, 4.69) is 15.3 Å². The summed E-state index contributed by atoms with van der Waals surface area (Å²) in [6, 6.07) is 13.1. The monoisotopic (exact) mass is 381 g/mol. The SMILES string of the molecule is NCc1cccc(N)c1.O=C(O)c1sccc1Nc1ccnc2[nH]ccc12. The van der Waals surface area contributed by atoms with Gasteiger partial charge in [0.05, 0.1) is 11.4 Å². The number of aromatic carboxylic acids is 1. The van der Waals surface area contributed by atoms with Crippen molar-refractivity contribution in [3.8, 4) is 0 Å². The van der Waals surface area contributed by atoms with Crippen LogP contribution in [0.5, 0.6) is 0 Å². The second kappa shape index (κ2) is 8.35. The van der Waals surface area contributed by atoms with E-state index in [0.29, 0.717) is 17.1 Å². The van der Waals surface area contributed by atoms with Gasteiger partial charge < -0.3 is 26.9 Å². The van der Waals surface area contributed by atoms with Crippen molar-refractivity contribution in [2.24, 2.45) is 5.73 Å². The number of aromatic nitrogens is 2. The molecule has 1 aromatic carbocycles. The van der Waals surface area contributed by atoms with Crippen LogP contribution in [0.25, 0.3) is 11.0 Å². The molecule has 0 atom stereocenters. The standard InChI is InChI=1S/C12H9N3O2S.C7H10N2/c16-12(17)10-9(3-6-18-10)15-8-2-5-14-11-7(8)1-4-13-11;8-5-6-2-1-3-7(9)4-6/h1-6H,(H,16,17)(H2,13,14,15);1-4H,5,8-9H2. The minimum Gasteiger partial charge on any atom is -0.477 e. The van der Waals surface area contributed by atoms with Gasteiger partial charge in [-0.25, -0.2) is 9.78 Å². The Morgan fingerprint density at radius 2 is 2.07 bits per heavy atom. The van der Waals surface area contributed by atoms with Crippen molar-refractivity contribution in [2.75, 3.05) is 11.1 Å². The number of thiophene rings is 1. The number of nitrogens with two attached hydrogens (primary N) is 2. The molecule has 138 valence electrons. The predicted octanol–water partition coefficient (Wildman–Crippen LogP) is 3.79. The van der Waals surface area contributed by atoms with Crippen LogP contribution in [-0.4, -0.2) is 21.0 Å². The summed E-state index contributed by atoms with van der Waals surface area (Å²) >= 11 is 1.20. The number of pyridine rings is 1. The van der Waals surface area contributed by atoms with Crippen molar-refractivity contribution in [2.45, 2.75) is 6.54 Å². The quantitative estimate of drug-likeness (QED) is 0.342. The molecular formula is C19H19N5O2S. The Kier molecular flexibility index (Phi) is 5.70. The summed E-state index contributed by atoms with van der Waals surface area (Å²) in [5, 5.41) is 14.9. The molecule has 0 aliphatic heterocycles. The van der Waals surface area contributed by atoms with Gasteiger partial charge in [-0.15, -0.1) is 11.3 Å². The lowest BCUT2D eigenvalue weighted by Crippen LogP contribution is -1.98. The summed E-state index contributed by atoms with van der Waals surface area (Å²) < 4.78 is 0. The van der Waals surface area contributed by atoms with Crippen molar-refractivity contribution in [1.82, 2.24) is 9.97 Å². The lowest BCUT2D eigenvalue weighted by Gasteiger charge is -2.06. The van der Waals surface area contributed by atoms with Crippen LogP contribution in [0.3, 0.4) is 0 Å². The molecule has 0 unspecified atom stereocenters. The third kappa shape index (κ3) is 4.43. The van der Waals surface area contributed by atoms with Crippen LogP contribution in [0.15, 0.2) is 60.2 Å². The Morgan fingerprint density at radius 1 is 1.22 bits per heavy atom. The van der Waals surface area contributed by atoms with Gasteiger partial charge in [-0.1, -0.05) is 12.1 Å².